The number of rotatable bonds is 3. The molecule has 3 heterocycles. The first kappa shape index (κ1) is 21.4. The van der Waals surface area contributed by atoms with E-state index in [1.165, 1.54) is 6.42 Å². The Kier molecular flexibility index (Phi) is 5.88. The van der Waals surface area contributed by atoms with Crippen molar-refractivity contribution in [2.45, 2.75) is 101 Å². The summed E-state index contributed by atoms with van der Waals surface area (Å²) in [5.41, 5.74) is -0.0633. The second kappa shape index (κ2) is 8.50. The number of fused-ring (bicyclic) bond motifs is 1. The van der Waals surface area contributed by atoms with Gasteiger partial charge in [0.25, 0.3) is 0 Å². The fraction of sp³-hybridized carbons (Fsp3) is 0.913. The van der Waals surface area contributed by atoms with Crippen molar-refractivity contribution in [1.29, 1.82) is 0 Å². The van der Waals surface area contributed by atoms with E-state index in [-0.39, 0.29) is 41.5 Å². The summed E-state index contributed by atoms with van der Waals surface area (Å²) in [6.45, 7) is 4.91. The lowest BCUT2D eigenvalue weighted by Gasteiger charge is -2.44. The average Bonchev–Trinajstić information content (AvgIpc) is 3.37. The smallest absolute Gasteiger partial charge is 0.315 e. The number of urea groups is 1. The van der Waals surface area contributed by atoms with Gasteiger partial charge in [-0.05, 0) is 63.7 Å². The second-order valence-electron chi connectivity index (χ2n) is 10.9. The zero-order chi connectivity index (χ0) is 21.6. The van der Waals surface area contributed by atoms with Gasteiger partial charge in [0.05, 0.1) is 11.6 Å². The summed E-state index contributed by atoms with van der Waals surface area (Å²) in [6, 6.07) is 0.559. The van der Waals surface area contributed by atoms with E-state index >= 15 is 0 Å². The SMILES string of the molecule is CC1CCC(F)C2CC(C(=O)N[C@@H]3CCC[C@H](N4CCC5(CC4)CNC(=O)N5)C3)NC12. The van der Waals surface area contributed by atoms with Crippen LogP contribution < -0.4 is 21.3 Å². The summed E-state index contributed by atoms with van der Waals surface area (Å²) in [4.78, 5) is 27.1. The molecule has 0 bridgehead atoms. The Morgan fingerprint density at radius 2 is 1.97 bits per heavy atom. The van der Waals surface area contributed by atoms with Gasteiger partial charge in [0.1, 0.15) is 6.17 Å². The minimum Gasteiger partial charge on any atom is -0.352 e. The third-order valence-corrected chi connectivity index (χ3v) is 8.89. The van der Waals surface area contributed by atoms with Crippen LogP contribution in [0.15, 0.2) is 0 Å². The number of likely N-dealkylation sites (tertiary alicyclic amines) is 1. The highest BCUT2D eigenvalue weighted by molar-refractivity contribution is 5.82. The van der Waals surface area contributed by atoms with Gasteiger partial charge in [0.2, 0.25) is 5.91 Å². The molecule has 5 rings (SSSR count). The maximum Gasteiger partial charge on any atom is 0.315 e. The van der Waals surface area contributed by atoms with Crippen molar-refractivity contribution in [3.8, 4) is 0 Å². The van der Waals surface area contributed by atoms with Crippen LogP contribution in [-0.2, 0) is 4.79 Å². The number of halogens is 1. The summed E-state index contributed by atoms with van der Waals surface area (Å²) < 4.78 is 14.4. The summed E-state index contributed by atoms with van der Waals surface area (Å²) in [6.07, 6.45) is 7.70. The Balaban J connectivity index is 1.12. The molecule has 0 radical (unpaired) electrons. The Labute approximate surface area is 184 Å². The highest BCUT2D eigenvalue weighted by atomic mass is 19.1. The van der Waals surface area contributed by atoms with Crippen molar-refractivity contribution in [2.24, 2.45) is 11.8 Å². The molecule has 7 nitrogen and oxygen atoms in total. The molecule has 0 aromatic rings. The van der Waals surface area contributed by atoms with Crippen molar-refractivity contribution >= 4 is 11.9 Å². The zero-order valence-electron chi connectivity index (χ0n) is 18.7. The number of piperidine rings is 1. The van der Waals surface area contributed by atoms with Gasteiger partial charge in [-0.25, -0.2) is 9.18 Å². The standard InChI is InChI=1S/C23H38FN5O2/c1-14-5-6-18(24)17-12-19(27-20(14)17)21(30)26-15-3-2-4-16(11-15)29-9-7-23(8-10-29)13-25-22(31)28-23/h14-20,27H,2-13H2,1H3,(H,26,30)(H2,25,28,31)/t14?,15-,16+,17?,18?,19?,20?/m1/s1. The Bertz CT molecular complexity index is 679. The molecular weight excluding hydrogens is 397 g/mol. The van der Waals surface area contributed by atoms with E-state index in [9.17, 15) is 14.0 Å². The number of nitrogens with one attached hydrogen (secondary N) is 4. The van der Waals surface area contributed by atoms with Crippen LogP contribution in [0.3, 0.4) is 0 Å². The number of hydrogen-bond acceptors (Lipinski definition) is 4. The molecule has 174 valence electrons. The maximum atomic E-state index is 14.4. The average molecular weight is 436 g/mol. The molecule has 3 aliphatic heterocycles. The van der Waals surface area contributed by atoms with E-state index in [0.29, 0.717) is 24.8 Å². The van der Waals surface area contributed by atoms with Crippen LogP contribution in [0.25, 0.3) is 0 Å². The fourth-order valence-corrected chi connectivity index (χ4v) is 6.93. The molecule has 5 aliphatic rings. The molecule has 3 amide bonds. The maximum absolute atomic E-state index is 14.4. The van der Waals surface area contributed by atoms with Crippen LogP contribution >= 0.6 is 0 Å². The van der Waals surface area contributed by atoms with Gasteiger partial charge in [0.15, 0.2) is 0 Å². The van der Waals surface area contributed by atoms with Crippen molar-refractivity contribution < 1.29 is 14.0 Å². The molecule has 5 unspecified atom stereocenters. The van der Waals surface area contributed by atoms with Gasteiger partial charge in [-0.3, -0.25) is 4.79 Å². The lowest BCUT2D eigenvalue weighted by atomic mass is 9.77. The number of alkyl halides is 1. The number of amides is 3. The van der Waals surface area contributed by atoms with E-state index in [0.717, 1.165) is 58.2 Å². The summed E-state index contributed by atoms with van der Waals surface area (Å²) >= 11 is 0. The van der Waals surface area contributed by atoms with Gasteiger partial charge in [-0.1, -0.05) is 6.92 Å². The Morgan fingerprint density at radius 1 is 1.16 bits per heavy atom. The molecule has 5 fully saturated rings. The van der Waals surface area contributed by atoms with E-state index in [2.05, 4.69) is 33.1 Å². The topological polar surface area (TPSA) is 85.5 Å². The summed E-state index contributed by atoms with van der Waals surface area (Å²) in [5.74, 6) is 0.498. The Hall–Kier alpha value is -1.41. The predicted molar refractivity (Wildman–Crippen MR) is 116 cm³/mol. The van der Waals surface area contributed by atoms with E-state index in [1.807, 2.05) is 0 Å². The van der Waals surface area contributed by atoms with Crippen molar-refractivity contribution in [3.05, 3.63) is 0 Å². The van der Waals surface area contributed by atoms with Crippen LogP contribution in [-0.4, -0.2) is 72.4 Å². The molecule has 0 aromatic carbocycles. The first-order valence-electron chi connectivity index (χ1n) is 12.4. The van der Waals surface area contributed by atoms with E-state index < -0.39 is 6.17 Å². The van der Waals surface area contributed by atoms with Crippen LogP contribution in [0, 0.1) is 11.8 Å². The molecule has 8 heteroatoms. The first-order chi connectivity index (χ1) is 14.9. The number of nitrogens with zero attached hydrogens (tertiary/aromatic N) is 1. The van der Waals surface area contributed by atoms with Gasteiger partial charge in [0, 0.05) is 43.7 Å². The molecule has 0 aromatic heterocycles. The highest BCUT2D eigenvalue weighted by Gasteiger charge is 2.47. The fourth-order valence-electron chi connectivity index (χ4n) is 6.93. The second-order valence-corrected chi connectivity index (χ2v) is 10.9. The van der Waals surface area contributed by atoms with Gasteiger partial charge >= 0.3 is 6.03 Å². The molecule has 31 heavy (non-hydrogen) atoms. The van der Waals surface area contributed by atoms with Gasteiger partial charge < -0.3 is 26.2 Å². The summed E-state index contributed by atoms with van der Waals surface area (Å²) in [7, 11) is 0. The van der Waals surface area contributed by atoms with Gasteiger partial charge in [-0.2, -0.15) is 0 Å². The van der Waals surface area contributed by atoms with Crippen LogP contribution in [0.1, 0.15) is 64.7 Å². The van der Waals surface area contributed by atoms with E-state index in [1.54, 1.807) is 0 Å². The monoisotopic (exact) mass is 435 g/mol. The molecule has 1 spiro atoms. The minimum absolute atomic E-state index is 0.00940. The Morgan fingerprint density at radius 3 is 2.68 bits per heavy atom. The zero-order valence-corrected chi connectivity index (χ0v) is 18.7. The largest absolute Gasteiger partial charge is 0.352 e. The first-order valence-corrected chi connectivity index (χ1v) is 12.4. The van der Waals surface area contributed by atoms with Crippen molar-refractivity contribution in [1.82, 2.24) is 26.2 Å². The van der Waals surface area contributed by atoms with Crippen molar-refractivity contribution in [3.63, 3.8) is 0 Å². The molecule has 4 N–H and O–H groups in total. The molecule has 2 aliphatic carbocycles. The molecule has 2 saturated carbocycles. The lowest BCUT2D eigenvalue weighted by Crippen LogP contribution is -2.56. The normalized spacial score (nSPS) is 42.6. The van der Waals surface area contributed by atoms with Crippen molar-refractivity contribution in [2.75, 3.05) is 19.6 Å². The van der Waals surface area contributed by atoms with Gasteiger partial charge in [-0.15, -0.1) is 0 Å². The van der Waals surface area contributed by atoms with Crippen LogP contribution in [0.2, 0.25) is 0 Å². The summed E-state index contributed by atoms with van der Waals surface area (Å²) in [5, 5.41) is 12.8. The number of carbonyl (C=O) groups excluding carboxylic acids is 2. The lowest BCUT2D eigenvalue weighted by molar-refractivity contribution is -0.124. The predicted octanol–water partition coefficient (Wildman–Crippen LogP) is 1.68. The highest BCUT2D eigenvalue weighted by Crippen LogP contribution is 2.39. The molecule has 3 saturated heterocycles. The number of carbonyl (C=O) groups is 2. The van der Waals surface area contributed by atoms with Crippen LogP contribution in [0.4, 0.5) is 9.18 Å². The minimum atomic E-state index is -0.771. The third-order valence-electron chi connectivity index (χ3n) is 8.89. The third kappa shape index (κ3) is 4.30. The quantitative estimate of drug-likeness (QED) is 0.543. The molecular formula is C23H38FN5O2. The van der Waals surface area contributed by atoms with E-state index in [4.69, 9.17) is 0 Å². The molecule has 7 atom stereocenters. The van der Waals surface area contributed by atoms with Crippen LogP contribution in [0.5, 0.6) is 0 Å². The number of hydrogen-bond donors (Lipinski definition) is 4.